The maximum atomic E-state index is 9.13. The fourth-order valence-electron chi connectivity index (χ4n) is 1.15. The molecular weight excluding hydrogens is 186 g/mol. The molecule has 0 spiro atoms. The average molecular weight is 201 g/mol. The van der Waals surface area contributed by atoms with Crippen molar-refractivity contribution in [3.05, 3.63) is 29.8 Å². The number of hydrogen-bond donors (Lipinski definition) is 3. The molecule has 0 saturated carbocycles. The van der Waals surface area contributed by atoms with E-state index in [-0.39, 0.29) is 0 Å². The van der Waals surface area contributed by atoms with Crippen molar-refractivity contribution in [2.75, 3.05) is 0 Å². The second-order valence-corrected chi connectivity index (χ2v) is 4.64. The Balaban J connectivity index is 2.81. The molecule has 0 aromatic heterocycles. The molecule has 0 amide bonds. The van der Waals surface area contributed by atoms with Crippen LogP contribution < -0.4 is 5.14 Å². The van der Waals surface area contributed by atoms with Crippen molar-refractivity contribution in [1.29, 1.82) is 0 Å². The molecule has 13 heavy (non-hydrogen) atoms. The summed E-state index contributed by atoms with van der Waals surface area (Å²) in [4.78, 5) is 0.396. The van der Waals surface area contributed by atoms with Gasteiger partial charge in [0.1, 0.15) is 0 Å². The summed E-state index contributed by atoms with van der Waals surface area (Å²) in [6, 6.07) is 7.08. The third kappa shape index (κ3) is 3.00. The summed E-state index contributed by atoms with van der Waals surface area (Å²) in [5.74, 6) is 0. The molecule has 0 radical (unpaired) electrons. The van der Waals surface area contributed by atoms with Crippen molar-refractivity contribution in [1.82, 2.24) is 0 Å². The lowest BCUT2D eigenvalue weighted by Gasteiger charge is -2.26. The normalized spacial score (nSPS) is 12.9. The third-order valence-electron chi connectivity index (χ3n) is 1.81. The van der Waals surface area contributed by atoms with Gasteiger partial charge in [-0.05, 0) is 24.1 Å². The predicted molar refractivity (Wildman–Crippen MR) is 55.7 cm³/mol. The van der Waals surface area contributed by atoms with E-state index < -0.39 is 10.8 Å². The van der Waals surface area contributed by atoms with Crippen LogP contribution in [0.15, 0.2) is 29.2 Å². The highest BCUT2D eigenvalue weighted by molar-refractivity contribution is 8.22. The van der Waals surface area contributed by atoms with E-state index in [0.717, 1.165) is 12.8 Å². The molecular formula is C9H15NO2S. The number of benzene rings is 1. The first-order valence-corrected chi connectivity index (χ1v) is 5.80. The second kappa shape index (κ2) is 4.11. The van der Waals surface area contributed by atoms with E-state index in [1.807, 2.05) is 12.1 Å². The first kappa shape index (κ1) is 10.5. The highest BCUT2D eigenvalue weighted by atomic mass is 32.3. The monoisotopic (exact) mass is 201 g/mol. The van der Waals surface area contributed by atoms with Gasteiger partial charge < -0.3 is 0 Å². The van der Waals surface area contributed by atoms with Crippen molar-refractivity contribution in [2.24, 2.45) is 5.14 Å². The first-order chi connectivity index (χ1) is 6.04. The first-order valence-electron chi connectivity index (χ1n) is 4.19. The highest BCUT2D eigenvalue weighted by Gasteiger charge is 2.07. The van der Waals surface area contributed by atoms with Crippen LogP contribution in [0, 0.1) is 0 Å². The van der Waals surface area contributed by atoms with Gasteiger partial charge in [-0.2, -0.15) is 0 Å². The molecule has 0 atom stereocenters. The summed E-state index contributed by atoms with van der Waals surface area (Å²) in [6.07, 6.45) is 2.09. The van der Waals surface area contributed by atoms with Crippen molar-refractivity contribution < 1.29 is 9.11 Å². The van der Waals surface area contributed by atoms with Gasteiger partial charge in [-0.1, -0.05) is 25.5 Å². The van der Waals surface area contributed by atoms with E-state index in [4.69, 9.17) is 14.2 Å². The Morgan fingerprint density at radius 1 is 1.23 bits per heavy atom. The zero-order chi connectivity index (χ0) is 9.90. The molecule has 74 valence electrons. The van der Waals surface area contributed by atoms with Crippen molar-refractivity contribution >= 4 is 10.8 Å². The van der Waals surface area contributed by atoms with Gasteiger partial charge in [-0.25, -0.2) is 5.14 Å². The molecule has 0 bridgehead atoms. The van der Waals surface area contributed by atoms with E-state index in [1.54, 1.807) is 12.1 Å². The van der Waals surface area contributed by atoms with E-state index >= 15 is 0 Å². The van der Waals surface area contributed by atoms with Gasteiger partial charge in [0.15, 0.2) is 0 Å². The minimum atomic E-state index is -3.03. The summed E-state index contributed by atoms with van der Waals surface area (Å²) >= 11 is 0. The van der Waals surface area contributed by atoms with Crippen LogP contribution in [0.25, 0.3) is 0 Å². The Bertz CT molecular complexity index is 266. The summed E-state index contributed by atoms with van der Waals surface area (Å²) in [6.45, 7) is 2.10. The van der Waals surface area contributed by atoms with Crippen molar-refractivity contribution in [2.45, 2.75) is 24.7 Å². The molecule has 3 nitrogen and oxygen atoms in total. The van der Waals surface area contributed by atoms with E-state index in [9.17, 15) is 0 Å². The molecule has 0 aliphatic heterocycles. The predicted octanol–water partition coefficient (Wildman–Crippen LogP) is 2.62. The van der Waals surface area contributed by atoms with Gasteiger partial charge in [0.25, 0.3) is 0 Å². The van der Waals surface area contributed by atoms with Crippen LogP contribution in [0.5, 0.6) is 0 Å². The van der Waals surface area contributed by atoms with Crippen LogP contribution in [0.4, 0.5) is 0 Å². The number of nitrogens with two attached hydrogens (primary N) is 1. The van der Waals surface area contributed by atoms with Crippen LogP contribution in [0.2, 0.25) is 0 Å². The average Bonchev–Trinajstić information content (AvgIpc) is 2.04. The smallest absolute Gasteiger partial charge is 0.0747 e. The molecule has 0 heterocycles. The van der Waals surface area contributed by atoms with Gasteiger partial charge >= 0.3 is 0 Å². The lowest BCUT2D eigenvalue weighted by molar-refractivity contribution is 0.489. The lowest BCUT2D eigenvalue weighted by atomic mass is 10.1. The Morgan fingerprint density at radius 2 is 1.77 bits per heavy atom. The van der Waals surface area contributed by atoms with Gasteiger partial charge in [0.05, 0.1) is 4.90 Å². The summed E-state index contributed by atoms with van der Waals surface area (Å²) in [5.41, 5.74) is 1.19. The minimum absolute atomic E-state index is 0.396. The van der Waals surface area contributed by atoms with Gasteiger partial charge in [-0.3, -0.25) is 9.11 Å². The number of hydrogen-bond acceptors (Lipinski definition) is 3. The van der Waals surface area contributed by atoms with Crippen molar-refractivity contribution in [3.63, 3.8) is 0 Å². The maximum absolute atomic E-state index is 9.13. The molecule has 0 aliphatic carbocycles. The molecule has 1 aromatic carbocycles. The van der Waals surface area contributed by atoms with Crippen molar-refractivity contribution in [3.8, 4) is 0 Å². The summed E-state index contributed by atoms with van der Waals surface area (Å²) in [7, 11) is -3.03. The van der Waals surface area contributed by atoms with Gasteiger partial charge in [0, 0.05) is 0 Å². The number of rotatable bonds is 3. The fourth-order valence-corrected chi connectivity index (χ4v) is 1.68. The minimum Gasteiger partial charge on any atom is -0.282 e. The summed E-state index contributed by atoms with van der Waals surface area (Å²) < 4.78 is 18.3. The highest BCUT2D eigenvalue weighted by Crippen LogP contribution is 2.39. The Labute approximate surface area is 80.1 Å². The van der Waals surface area contributed by atoms with Crippen LogP contribution >= 0.6 is 10.8 Å². The Morgan fingerprint density at radius 3 is 2.15 bits per heavy atom. The maximum Gasteiger partial charge on any atom is 0.0747 e. The van der Waals surface area contributed by atoms with E-state index in [1.165, 1.54) is 5.56 Å². The second-order valence-electron chi connectivity index (χ2n) is 2.99. The molecule has 4 heteroatoms. The third-order valence-corrected chi connectivity index (χ3v) is 2.77. The van der Waals surface area contributed by atoms with Gasteiger partial charge in [-0.15, -0.1) is 10.8 Å². The topological polar surface area (TPSA) is 66.5 Å². The van der Waals surface area contributed by atoms with Crippen LogP contribution in [-0.2, 0) is 6.42 Å². The molecule has 1 rings (SSSR count). The number of aryl methyl sites for hydroxylation is 1. The Kier molecular flexibility index (Phi) is 3.33. The Hall–Kier alpha value is -0.550. The molecule has 0 fully saturated rings. The summed E-state index contributed by atoms with van der Waals surface area (Å²) in [5, 5.41) is 5.18. The molecule has 0 aliphatic rings. The largest absolute Gasteiger partial charge is 0.282 e. The van der Waals surface area contributed by atoms with Crippen LogP contribution in [-0.4, -0.2) is 9.11 Å². The van der Waals surface area contributed by atoms with Gasteiger partial charge in [0.2, 0.25) is 0 Å². The van der Waals surface area contributed by atoms with Crippen LogP contribution in [0.3, 0.4) is 0 Å². The molecule has 4 N–H and O–H groups in total. The van der Waals surface area contributed by atoms with E-state index in [0.29, 0.717) is 4.90 Å². The molecule has 0 saturated heterocycles. The van der Waals surface area contributed by atoms with E-state index in [2.05, 4.69) is 6.92 Å². The zero-order valence-corrected chi connectivity index (χ0v) is 8.42. The SMILES string of the molecule is CCCc1ccc(S(N)(O)O)cc1. The fraction of sp³-hybridized carbons (Fsp3) is 0.333. The zero-order valence-electron chi connectivity index (χ0n) is 7.60. The lowest BCUT2D eigenvalue weighted by Crippen LogP contribution is -2.08. The molecule has 0 unspecified atom stereocenters. The van der Waals surface area contributed by atoms with Crippen LogP contribution in [0.1, 0.15) is 18.9 Å². The molecule has 1 aromatic rings. The standard InChI is InChI=1S/C9H15NO2S/c1-2-3-8-4-6-9(7-5-8)13(10,11)12/h4-7,11-12H,2-3,10H2,1H3. The quantitative estimate of drug-likeness (QED) is 0.704.